The lowest BCUT2D eigenvalue weighted by atomic mass is 9.99. The zero-order valence-electron chi connectivity index (χ0n) is 14.4. The Morgan fingerprint density at radius 2 is 1.62 bits per heavy atom. The maximum Gasteiger partial charge on any atom is 0.342 e. The quantitative estimate of drug-likeness (QED) is 0.574. The van der Waals surface area contributed by atoms with Crippen molar-refractivity contribution in [3.05, 3.63) is 65.2 Å². The molecular weight excluding hydrogens is 308 g/mol. The first-order chi connectivity index (χ1) is 11.6. The van der Waals surface area contributed by atoms with Crippen LogP contribution < -0.4 is 4.74 Å². The van der Waals surface area contributed by atoms with Crippen molar-refractivity contribution in [3.8, 4) is 5.75 Å². The van der Waals surface area contributed by atoms with Gasteiger partial charge in [-0.05, 0) is 18.6 Å². The molecule has 2 aromatic rings. The Bertz CT molecular complexity index is 677. The van der Waals surface area contributed by atoms with Crippen molar-refractivity contribution in [3.63, 3.8) is 0 Å². The van der Waals surface area contributed by atoms with Crippen LogP contribution in [0.2, 0.25) is 0 Å². The van der Waals surface area contributed by atoms with E-state index >= 15 is 0 Å². The van der Waals surface area contributed by atoms with Crippen molar-refractivity contribution in [1.29, 1.82) is 0 Å². The summed E-state index contributed by atoms with van der Waals surface area (Å²) in [5, 5.41) is 0. The number of ether oxygens (including phenoxy) is 4. The predicted molar refractivity (Wildman–Crippen MR) is 89.9 cm³/mol. The zero-order valence-corrected chi connectivity index (χ0v) is 14.4. The molecule has 0 atom stereocenters. The summed E-state index contributed by atoms with van der Waals surface area (Å²) >= 11 is 0. The first kappa shape index (κ1) is 18.0. The van der Waals surface area contributed by atoms with E-state index < -0.39 is 11.8 Å². The lowest BCUT2D eigenvalue weighted by molar-refractivity contribution is -0.202. The van der Waals surface area contributed by atoms with Crippen molar-refractivity contribution in [2.75, 3.05) is 21.3 Å². The lowest BCUT2D eigenvalue weighted by Crippen LogP contribution is -2.29. The number of hydrogen-bond donors (Lipinski definition) is 0. The Hall–Kier alpha value is -2.37. The average Bonchev–Trinajstić information content (AvgIpc) is 2.65. The number of hydrogen-bond acceptors (Lipinski definition) is 5. The van der Waals surface area contributed by atoms with Crippen LogP contribution in [0, 0.1) is 0 Å². The van der Waals surface area contributed by atoms with E-state index in [-0.39, 0.29) is 0 Å². The van der Waals surface area contributed by atoms with E-state index in [0.717, 1.165) is 5.56 Å². The number of carbonyl (C=O) groups excluding carboxylic acids is 1. The molecule has 2 aromatic carbocycles. The lowest BCUT2D eigenvalue weighted by Gasteiger charge is -2.29. The van der Waals surface area contributed by atoms with Crippen LogP contribution >= 0.6 is 0 Å². The van der Waals surface area contributed by atoms with Crippen LogP contribution in [0.1, 0.15) is 28.4 Å². The van der Waals surface area contributed by atoms with Crippen molar-refractivity contribution in [2.45, 2.75) is 19.3 Å². The van der Waals surface area contributed by atoms with Gasteiger partial charge in [-0.1, -0.05) is 42.5 Å². The summed E-state index contributed by atoms with van der Waals surface area (Å²) in [7, 11) is 4.36. The van der Waals surface area contributed by atoms with Crippen LogP contribution in [0.25, 0.3) is 0 Å². The molecule has 128 valence electrons. The highest BCUT2D eigenvalue weighted by Gasteiger charge is 2.33. The molecular formula is C19H22O5. The van der Waals surface area contributed by atoms with Gasteiger partial charge in [0.15, 0.2) is 5.79 Å². The van der Waals surface area contributed by atoms with E-state index in [0.29, 0.717) is 23.5 Å². The predicted octanol–water partition coefficient (Wildman–Crippen LogP) is 3.52. The van der Waals surface area contributed by atoms with Gasteiger partial charge in [0.05, 0.1) is 7.11 Å². The standard InChI is InChI=1S/C19H22O5/c1-19(22-3,23-4)15-11-8-12-16(17(15)18(20)21-2)24-13-14-9-6-5-7-10-14/h5-12H,13H2,1-4H3. The third kappa shape index (κ3) is 3.75. The van der Waals surface area contributed by atoms with Crippen LogP contribution in [0.5, 0.6) is 5.75 Å². The minimum Gasteiger partial charge on any atom is -0.488 e. The summed E-state index contributed by atoms with van der Waals surface area (Å²) in [5.41, 5.74) is 1.84. The van der Waals surface area contributed by atoms with Crippen molar-refractivity contribution < 1.29 is 23.7 Å². The van der Waals surface area contributed by atoms with Gasteiger partial charge in [-0.3, -0.25) is 0 Å². The van der Waals surface area contributed by atoms with Gasteiger partial charge in [-0.15, -0.1) is 0 Å². The second-order valence-corrected chi connectivity index (χ2v) is 5.30. The van der Waals surface area contributed by atoms with Crippen LogP contribution in [0.4, 0.5) is 0 Å². The monoisotopic (exact) mass is 330 g/mol. The van der Waals surface area contributed by atoms with E-state index in [4.69, 9.17) is 18.9 Å². The second-order valence-electron chi connectivity index (χ2n) is 5.30. The van der Waals surface area contributed by atoms with Gasteiger partial charge in [-0.2, -0.15) is 0 Å². The van der Waals surface area contributed by atoms with Gasteiger partial charge in [0.2, 0.25) is 0 Å². The molecule has 0 fully saturated rings. The van der Waals surface area contributed by atoms with Crippen molar-refractivity contribution in [2.24, 2.45) is 0 Å². The number of rotatable bonds is 7. The van der Waals surface area contributed by atoms with Gasteiger partial charge >= 0.3 is 5.97 Å². The van der Waals surface area contributed by atoms with Crippen molar-refractivity contribution in [1.82, 2.24) is 0 Å². The highest BCUT2D eigenvalue weighted by atomic mass is 16.7. The van der Waals surface area contributed by atoms with Gasteiger partial charge in [0.25, 0.3) is 0 Å². The molecule has 5 heteroatoms. The zero-order chi connectivity index (χ0) is 17.6. The highest BCUT2D eigenvalue weighted by molar-refractivity contribution is 5.94. The fourth-order valence-corrected chi connectivity index (χ4v) is 2.38. The Morgan fingerprint density at radius 3 is 2.21 bits per heavy atom. The highest BCUT2D eigenvalue weighted by Crippen LogP contribution is 2.34. The molecule has 0 bridgehead atoms. The fourth-order valence-electron chi connectivity index (χ4n) is 2.38. The van der Waals surface area contributed by atoms with Gasteiger partial charge < -0.3 is 18.9 Å². The maximum atomic E-state index is 12.3. The van der Waals surface area contributed by atoms with Crippen LogP contribution in [0.3, 0.4) is 0 Å². The summed E-state index contributed by atoms with van der Waals surface area (Å²) in [6, 6.07) is 15.0. The molecule has 0 saturated heterocycles. The molecule has 0 aliphatic rings. The number of esters is 1. The Kier molecular flexibility index (Phi) is 5.95. The van der Waals surface area contributed by atoms with Crippen LogP contribution in [0.15, 0.2) is 48.5 Å². The first-order valence-electron chi connectivity index (χ1n) is 7.54. The van der Waals surface area contributed by atoms with Gasteiger partial charge in [0, 0.05) is 19.8 Å². The summed E-state index contributed by atoms with van der Waals surface area (Å²) in [4.78, 5) is 12.3. The molecule has 0 saturated carbocycles. The maximum absolute atomic E-state index is 12.3. The van der Waals surface area contributed by atoms with Crippen LogP contribution in [-0.2, 0) is 26.6 Å². The van der Waals surface area contributed by atoms with Crippen molar-refractivity contribution >= 4 is 5.97 Å². The summed E-state index contributed by atoms with van der Waals surface area (Å²) in [6.07, 6.45) is 0. The summed E-state index contributed by atoms with van der Waals surface area (Å²) in [5.74, 6) is -1.17. The normalized spacial score (nSPS) is 11.2. The largest absolute Gasteiger partial charge is 0.488 e. The molecule has 0 N–H and O–H groups in total. The van der Waals surface area contributed by atoms with E-state index in [2.05, 4.69) is 0 Å². The van der Waals surface area contributed by atoms with E-state index in [9.17, 15) is 4.79 Å². The topological polar surface area (TPSA) is 54.0 Å². The smallest absolute Gasteiger partial charge is 0.342 e. The molecule has 0 aromatic heterocycles. The van der Waals surface area contributed by atoms with E-state index in [1.165, 1.54) is 21.3 Å². The first-order valence-corrected chi connectivity index (χ1v) is 7.54. The molecule has 0 amide bonds. The summed E-state index contributed by atoms with van der Waals surface area (Å²) < 4.78 is 21.7. The average molecular weight is 330 g/mol. The van der Waals surface area contributed by atoms with Crippen LogP contribution in [-0.4, -0.2) is 27.3 Å². The minimum absolute atomic E-state index is 0.294. The van der Waals surface area contributed by atoms with E-state index in [1.807, 2.05) is 30.3 Å². The Labute approximate surface area is 142 Å². The van der Waals surface area contributed by atoms with Gasteiger partial charge in [0.1, 0.15) is 17.9 Å². The molecule has 0 spiro atoms. The fraction of sp³-hybridized carbons (Fsp3) is 0.316. The molecule has 0 unspecified atom stereocenters. The summed E-state index contributed by atoms with van der Waals surface area (Å²) in [6.45, 7) is 2.07. The molecule has 2 rings (SSSR count). The SMILES string of the molecule is COC(=O)c1c(OCc2ccccc2)cccc1C(C)(OC)OC. The molecule has 0 radical (unpaired) electrons. The second kappa shape index (κ2) is 7.95. The van der Waals surface area contributed by atoms with E-state index in [1.54, 1.807) is 25.1 Å². The molecule has 0 heterocycles. The molecule has 0 aliphatic carbocycles. The Morgan fingerprint density at radius 1 is 0.958 bits per heavy atom. The molecule has 5 nitrogen and oxygen atoms in total. The van der Waals surface area contributed by atoms with Gasteiger partial charge in [-0.25, -0.2) is 4.79 Å². The number of carbonyl (C=O) groups is 1. The third-order valence-electron chi connectivity index (χ3n) is 3.92. The minimum atomic E-state index is -1.09. The number of methoxy groups -OCH3 is 3. The molecule has 24 heavy (non-hydrogen) atoms. The third-order valence-corrected chi connectivity index (χ3v) is 3.92. The number of benzene rings is 2. The Balaban J connectivity index is 2.42. The molecule has 0 aliphatic heterocycles.